The zero-order valence-electron chi connectivity index (χ0n) is 9.73. The number of nitrogens with zero attached hydrogens (tertiary/aromatic N) is 1. The highest BCUT2D eigenvalue weighted by molar-refractivity contribution is 5.16. The summed E-state index contributed by atoms with van der Waals surface area (Å²) < 4.78 is 0. The lowest BCUT2D eigenvalue weighted by atomic mass is 10.1. The standard InChI is InChI=1S/C14H20N2/c15-9-8-14-7-4-10-16(12-14)11-13-5-2-1-3-6-13/h1-3,5-7H,4,8-12,15H2. The van der Waals surface area contributed by atoms with E-state index in [9.17, 15) is 0 Å². The fourth-order valence-electron chi connectivity index (χ4n) is 2.23. The maximum absolute atomic E-state index is 5.60. The predicted octanol–water partition coefficient (Wildman–Crippen LogP) is 2.17. The Labute approximate surface area is 97.8 Å². The maximum Gasteiger partial charge on any atom is 0.0237 e. The summed E-state index contributed by atoms with van der Waals surface area (Å²) in [7, 11) is 0. The van der Waals surface area contributed by atoms with E-state index in [1.165, 1.54) is 24.1 Å². The summed E-state index contributed by atoms with van der Waals surface area (Å²) in [5.41, 5.74) is 8.50. The Balaban J connectivity index is 1.90. The van der Waals surface area contributed by atoms with E-state index in [0.717, 1.165) is 26.1 Å². The van der Waals surface area contributed by atoms with Crippen molar-refractivity contribution in [2.24, 2.45) is 5.73 Å². The number of rotatable bonds is 4. The Morgan fingerprint density at radius 2 is 2.00 bits per heavy atom. The Kier molecular flexibility index (Phi) is 4.14. The van der Waals surface area contributed by atoms with Gasteiger partial charge in [0.15, 0.2) is 0 Å². The Hall–Kier alpha value is -1.12. The van der Waals surface area contributed by atoms with Crippen LogP contribution in [0.4, 0.5) is 0 Å². The van der Waals surface area contributed by atoms with Gasteiger partial charge in [0.2, 0.25) is 0 Å². The van der Waals surface area contributed by atoms with Gasteiger partial charge in [-0.2, -0.15) is 0 Å². The van der Waals surface area contributed by atoms with E-state index in [1.807, 2.05) is 0 Å². The van der Waals surface area contributed by atoms with Crippen molar-refractivity contribution in [2.75, 3.05) is 19.6 Å². The summed E-state index contributed by atoms with van der Waals surface area (Å²) in [4.78, 5) is 2.50. The van der Waals surface area contributed by atoms with Crippen molar-refractivity contribution in [3.8, 4) is 0 Å². The largest absolute Gasteiger partial charge is 0.330 e. The Morgan fingerprint density at radius 3 is 2.75 bits per heavy atom. The van der Waals surface area contributed by atoms with Gasteiger partial charge in [-0.15, -0.1) is 0 Å². The topological polar surface area (TPSA) is 29.3 Å². The van der Waals surface area contributed by atoms with Gasteiger partial charge in [-0.25, -0.2) is 0 Å². The first-order valence-corrected chi connectivity index (χ1v) is 6.03. The smallest absolute Gasteiger partial charge is 0.0237 e. The normalized spacial score (nSPS) is 17.2. The average Bonchev–Trinajstić information content (AvgIpc) is 2.31. The number of hydrogen-bond donors (Lipinski definition) is 1. The molecule has 0 unspecified atom stereocenters. The van der Waals surface area contributed by atoms with Crippen LogP contribution in [0.5, 0.6) is 0 Å². The van der Waals surface area contributed by atoms with Crippen LogP contribution in [-0.2, 0) is 6.54 Å². The van der Waals surface area contributed by atoms with Gasteiger partial charge in [0, 0.05) is 19.6 Å². The van der Waals surface area contributed by atoms with Crippen molar-refractivity contribution in [2.45, 2.75) is 19.4 Å². The molecule has 0 amide bonds. The second kappa shape index (κ2) is 5.83. The molecule has 2 N–H and O–H groups in total. The Bertz CT molecular complexity index is 343. The van der Waals surface area contributed by atoms with Crippen LogP contribution in [0.1, 0.15) is 18.4 Å². The molecule has 1 aliphatic heterocycles. The molecule has 1 heterocycles. The molecule has 1 aliphatic rings. The van der Waals surface area contributed by atoms with Crippen molar-refractivity contribution < 1.29 is 0 Å². The SMILES string of the molecule is NCCC1=CCCN(Cc2ccccc2)C1. The van der Waals surface area contributed by atoms with Crippen LogP contribution >= 0.6 is 0 Å². The van der Waals surface area contributed by atoms with Crippen LogP contribution in [-0.4, -0.2) is 24.5 Å². The third kappa shape index (κ3) is 3.19. The maximum atomic E-state index is 5.60. The first-order chi connectivity index (χ1) is 7.88. The van der Waals surface area contributed by atoms with E-state index in [0.29, 0.717) is 0 Å². The van der Waals surface area contributed by atoms with E-state index in [1.54, 1.807) is 0 Å². The summed E-state index contributed by atoms with van der Waals surface area (Å²) in [6.45, 7) is 4.09. The van der Waals surface area contributed by atoms with Gasteiger partial charge < -0.3 is 5.73 Å². The minimum absolute atomic E-state index is 0.769. The quantitative estimate of drug-likeness (QED) is 0.782. The first-order valence-electron chi connectivity index (χ1n) is 6.03. The minimum atomic E-state index is 0.769. The van der Waals surface area contributed by atoms with Crippen LogP contribution < -0.4 is 5.73 Å². The highest BCUT2D eigenvalue weighted by atomic mass is 15.1. The van der Waals surface area contributed by atoms with Gasteiger partial charge in [-0.1, -0.05) is 42.0 Å². The molecule has 0 aliphatic carbocycles. The number of benzene rings is 1. The van der Waals surface area contributed by atoms with Crippen molar-refractivity contribution >= 4 is 0 Å². The monoisotopic (exact) mass is 216 g/mol. The molecule has 2 heteroatoms. The third-order valence-corrected chi connectivity index (χ3v) is 3.02. The van der Waals surface area contributed by atoms with Gasteiger partial charge in [0.25, 0.3) is 0 Å². The van der Waals surface area contributed by atoms with Crippen LogP contribution in [0.3, 0.4) is 0 Å². The van der Waals surface area contributed by atoms with Gasteiger partial charge in [-0.3, -0.25) is 4.90 Å². The van der Waals surface area contributed by atoms with Crippen molar-refractivity contribution in [1.29, 1.82) is 0 Å². The lowest BCUT2D eigenvalue weighted by Crippen LogP contribution is -2.30. The van der Waals surface area contributed by atoms with Gasteiger partial charge in [-0.05, 0) is 24.9 Å². The van der Waals surface area contributed by atoms with Crippen molar-refractivity contribution in [3.63, 3.8) is 0 Å². The molecular weight excluding hydrogens is 196 g/mol. The second-order valence-corrected chi connectivity index (χ2v) is 4.39. The van der Waals surface area contributed by atoms with Crippen molar-refractivity contribution in [1.82, 2.24) is 4.90 Å². The molecule has 2 rings (SSSR count). The van der Waals surface area contributed by atoms with Gasteiger partial charge in [0.05, 0.1) is 0 Å². The average molecular weight is 216 g/mol. The molecule has 1 aromatic carbocycles. The van der Waals surface area contributed by atoms with Crippen LogP contribution in [0.25, 0.3) is 0 Å². The zero-order chi connectivity index (χ0) is 11.2. The second-order valence-electron chi connectivity index (χ2n) is 4.39. The van der Waals surface area contributed by atoms with Gasteiger partial charge >= 0.3 is 0 Å². The highest BCUT2D eigenvalue weighted by Gasteiger charge is 2.11. The number of nitrogens with two attached hydrogens (primary N) is 1. The van der Waals surface area contributed by atoms with Crippen LogP contribution in [0.15, 0.2) is 42.0 Å². The van der Waals surface area contributed by atoms with E-state index in [4.69, 9.17) is 5.73 Å². The zero-order valence-corrected chi connectivity index (χ0v) is 9.73. The van der Waals surface area contributed by atoms with Crippen molar-refractivity contribution in [3.05, 3.63) is 47.5 Å². The molecule has 0 saturated carbocycles. The summed E-state index contributed by atoms with van der Waals surface area (Å²) in [6.07, 6.45) is 4.57. The van der Waals surface area contributed by atoms with Crippen LogP contribution in [0.2, 0.25) is 0 Å². The van der Waals surface area contributed by atoms with E-state index in [2.05, 4.69) is 41.3 Å². The summed E-state index contributed by atoms with van der Waals surface area (Å²) in [6, 6.07) is 10.7. The fraction of sp³-hybridized carbons (Fsp3) is 0.429. The molecule has 0 saturated heterocycles. The molecule has 0 spiro atoms. The number of hydrogen-bond acceptors (Lipinski definition) is 2. The molecule has 0 atom stereocenters. The highest BCUT2D eigenvalue weighted by Crippen LogP contribution is 2.15. The Morgan fingerprint density at radius 1 is 1.19 bits per heavy atom. The molecule has 0 bridgehead atoms. The molecule has 0 radical (unpaired) electrons. The first kappa shape index (κ1) is 11.4. The molecular formula is C14H20N2. The molecule has 16 heavy (non-hydrogen) atoms. The summed E-state index contributed by atoms with van der Waals surface area (Å²) in [5.74, 6) is 0. The fourth-order valence-corrected chi connectivity index (χ4v) is 2.23. The van der Waals surface area contributed by atoms with E-state index in [-0.39, 0.29) is 0 Å². The molecule has 2 nitrogen and oxygen atoms in total. The predicted molar refractivity (Wildman–Crippen MR) is 68.1 cm³/mol. The molecule has 86 valence electrons. The van der Waals surface area contributed by atoms with E-state index >= 15 is 0 Å². The van der Waals surface area contributed by atoms with E-state index < -0.39 is 0 Å². The lowest BCUT2D eigenvalue weighted by Gasteiger charge is -2.27. The third-order valence-electron chi connectivity index (χ3n) is 3.02. The van der Waals surface area contributed by atoms with Gasteiger partial charge in [0.1, 0.15) is 0 Å². The molecule has 1 aromatic rings. The molecule has 0 fully saturated rings. The minimum Gasteiger partial charge on any atom is -0.330 e. The molecule has 0 aromatic heterocycles. The lowest BCUT2D eigenvalue weighted by molar-refractivity contribution is 0.279. The summed E-state index contributed by atoms with van der Waals surface area (Å²) in [5, 5.41) is 0. The summed E-state index contributed by atoms with van der Waals surface area (Å²) >= 11 is 0. The van der Waals surface area contributed by atoms with Crippen LogP contribution in [0, 0.1) is 0 Å².